The molecule has 0 bridgehead atoms. The number of aromatic nitrogens is 2. The highest BCUT2D eigenvalue weighted by Crippen LogP contribution is 2.29. The smallest absolute Gasteiger partial charge is 0.144 e. The van der Waals surface area contributed by atoms with E-state index in [1.54, 1.807) is 7.11 Å². The van der Waals surface area contributed by atoms with Crippen LogP contribution in [0.15, 0.2) is 24.5 Å². The van der Waals surface area contributed by atoms with Gasteiger partial charge < -0.3 is 14.0 Å². The SMILES string of the molecule is CCN1CCCC(c2ncc3c(OC)cccn23)C1. The number of likely N-dealkylation sites (tertiary alicyclic amines) is 1. The molecule has 4 heteroatoms. The third kappa shape index (κ3) is 2.21. The Bertz CT molecular complexity index is 564. The summed E-state index contributed by atoms with van der Waals surface area (Å²) < 4.78 is 7.58. The third-order valence-electron chi connectivity index (χ3n) is 4.10. The maximum Gasteiger partial charge on any atom is 0.144 e. The normalized spacial score (nSPS) is 20.8. The summed E-state index contributed by atoms with van der Waals surface area (Å²) in [6, 6.07) is 4.01. The lowest BCUT2D eigenvalue weighted by atomic mass is 9.97. The van der Waals surface area contributed by atoms with Crippen LogP contribution in [-0.4, -0.2) is 41.0 Å². The summed E-state index contributed by atoms with van der Waals surface area (Å²) in [7, 11) is 1.71. The van der Waals surface area contributed by atoms with Crippen molar-refractivity contribution < 1.29 is 4.74 Å². The van der Waals surface area contributed by atoms with Gasteiger partial charge in [0.05, 0.1) is 13.3 Å². The van der Waals surface area contributed by atoms with Gasteiger partial charge in [0.1, 0.15) is 17.1 Å². The fraction of sp³-hybridized carbons (Fsp3) is 0.533. The number of nitrogens with zero attached hydrogens (tertiary/aromatic N) is 3. The first kappa shape index (κ1) is 12.5. The maximum atomic E-state index is 5.40. The molecule has 2 aromatic rings. The Morgan fingerprint density at radius 2 is 2.37 bits per heavy atom. The van der Waals surface area contributed by atoms with Crippen LogP contribution >= 0.6 is 0 Å². The lowest BCUT2D eigenvalue weighted by Gasteiger charge is -2.31. The molecule has 19 heavy (non-hydrogen) atoms. The van der Waals surface area contributed by atoms with Gasteiger partial charge >= 0.3 is 0 Å². The Kier molecular flexibility index (Phi) is 3.42. The fourth-order valence-electron chi connectivity index (χ4n) is 3.04. The molecule has 1 aliphatic rings. The predicted octanol–water partition coefficient (Wildman–Crippen LogP) is 2.54. The van der Waals surface area contributed by atoms with E-state index < -0.39 is 0 Å². The van der Waals surface area contributed by atoms with Crippen LogP contribution in [0.1, 0.15) is 31.5 Å². The van der Waals surface area contributed by atoms with Crippen LogP contribution in [0.25, 0.3) is 5.52 Å². The first-order valence-electron chi connectivity index (χ1n) is 7.05. The van der Waals surface area contributed by atoms with E-state index >= 15 is 0 Å². The fourth-order valence-corrected chi connectivity index (χ4v) is 3.04. The van der Waals surface area contributed by atoms with E-state index in [1.165, 1.54) is 25.2 Å². The second-order valence-corrected chi connectivity index (χ2v) is 5.18. The van der Waals surface area contributed by atoms with E-state index in [4.69, 9.17) is 4.74 Å². The largest absolute Gasteiger partial charge is 0.494 e. The molecule has 0 amide bonds. The van der Waals surface area contributed by atoms with Crippen molar-refractivity contribution in [1.82, 2.24) is 14.3 Å². The lowest BCUT2D eigenvalue weighted by molar-refractivity contribution is 0.213. The zero-order valence-electron chi connectivity index (χ0n) is 11.7. The minimum atomic E-state index is 0.531. The number of hydrogen-bond acceptors (Lipinski definition) is 3. The Balaban J connectivity index is 1.96. The van der Waals surface area contributed by atoms with Gasteiger partial charge in [-0.2, -0.15) is 0 Å². The summed E-state index contributed by atoms with van der Waals surface area (Å²) in [5.41, 5.74) is 1.06. The Hall–Kier alpha value is -1.55. The molecule has 1 unspecified atom stereocenters. The first-order valence-corrected chi connectivity index (χ1v) is 7.05. The van der Waals surface area contributed by atoms with Crippen LogP contribution in [0.2, 0.25) is 0 Å². The average molecular weight is 259 g/mol. The minimum absolute atomic E-state index is 0.531. The summed E-state index contributed by atoms with van der Waals surface area (Å²) >= 11 is 0. The number of pyridine rings is 1. The standard InChI is InChI=1S/C15H21N3O/c1-3-17-8-4-6-12(11-17)15-16-10-13-14(19-2)7-5-9-18(13)15/h5,7,9-10,12H,3-4,6,8,11H2,1-2H3. The molecule has 0 aliphatic carbocycles. The highest BCUT2D eigenvalue weighted by molar-refractivity contribution is 5.59. The van der Waals surface area contributed by atoms with Crippen molar-refractivity contribution in [2.24, 2.45) is 0 Å². The second kappa shape index (κ2) is 5.21. The number of fused-ring (bicyclic) bond motifs is 1. The monoisotopic (exact) mass is 259 g/mol. The molecule has 0 aromatic carbocycles. The van der Waals surface area contributed by atoms with Crippen LogP contribution in [-0.2, 0) is 0 Å². The average Bonchev–Trinajstić information content (AvgIpc) is 2.91. The summed E-state index contributed by atoms with van der Waals surface area (Å²) in [5, 5.41) is 0. The Morgan fingerprint density at radius 1 is 1.47 bits per heavy atom. The zero-order chi connectivity index (χ0) is 13.2. The zero-order valence-corrected chi connectivity index (χ0v) is 11.7. The number of methoxy groups -OCH3 is 1. The highest BCUT2D eigenvalue weighted by Gasteiger charge is 2.24. The molecule has 1 saturated heterocycles. The van der Waals surface area contributed by atoms with Crippen LogP contribution in [0.4, 0.5) is 0 Å². The van der Waals surface area contributed by atoms with Crippen molar-refractivity contribution in [3.05, 3.63) is 30.4 Å². The van der Waals surface area contributed by atoms with E-state index in [0.29, 0.717) is 5.92 Å². The van der Waals surface area contributed by atoms with E-state index in [2.05, 4.69) is 27.4 Å². The van der Waals surface area contributed by atoms with Crippen LogP contribution in [0, 0.1) is 0 Å². The maximum absolute atomic E-state index is 5.40. The molecule has 2 aromatic heterocycles. The van der Waals surface area contributed by atoms with Crippen molar-refractivity contribution in [3.8, 4) is 5.75 Å². The van der Waals surface area contributed by atoms with E-state index in [0.717, 1.165) is 24.4 Å². The number of likely N-dealkylation sites (N-methyl/N-ethyl adjacent to an activating group) is 1. The van der Waals surface area contributed by atoms with Gasteiger partial charge in [0.2, 0.25) is 0 Å². The van der Waals surface area contributed by atoms with Crippen molar-refractivity contribution in [3.63, 3.8) is 0 Å². The van der Waals surface area contributed by atoms with Crippen molar-refractivity contribution in [1.29, 1.82) is 0 Å². The quantitative estimate of drug-likeness (QED) is 0.848. The number of ether oxygens (including phenoxy) is 1. The van der Waals surface area contributed by atoms with E-state index in [9.17, 15) is 0 Å². The molecule has 4 nitrogen and oxygen atoms in total. The first-order chi connectivity index (χ1) is 9.33. The van der Waals surface area contributed by atoms with Gasteiger partial charge in [0.25, 0.3) is 0 Å². The second-order valence-electron chi connectivity index (χ2n) is 5.18. The highest BCUT2D eigenvalue weighted by atomic mass is 16.5. The van der Waals surface area contributed by atoms with Gasteiger partial charge in [-0.15, -0.1) is 0 Å². The van der Waals surface area contributed by atoms with Crippen LogP contribution < -0.4 is 4.74 Å². The minimum Gasteiger partial charge on any atom is -0.494 e. The number of piperidine rings is 1. The Labute approximate surface area is 114 Å². The summed E-state index contributed by atoms with van der Waals surface area (Å²) in [6.45, 7) is 5.70. The van der Waals surface area contributed by atoms with Crippen LogP contribution in [0.3, 0.4) is 0 Å². The molecule has 3 heterocycles. The Morgan fingerprint density at radius 3 is 3.16 bits per heavy atom. The third-order valence-corrected chi connectivity index (χ3v) is 4.10. The van der Waals surface area contributed by atoms with E-state index in [1.807, 2.05) is 18.3 Å². The summed E-state index contributed by atoms with van der Waals surface area (Å²) in [4.78, 5) is 7.16. The molecular weight excluding hydrogens is 238 g/mol. The van der Waals surface area contributed by atoms with Gasteiger partial charge in [-0.1, -0.05) is 6.92 Å². The number of hydrogen-bond donors (Lipinski definition) is 0. The van der Waals surface area contributed by atoms with E-state index in [-0.39, 0.29) is 0 Å². The van der Waals surface area contributed by atoms with Crippen molar-refractivity contribution in [2.45, 2.75) is 25.7 Å². The molecule has 0 radical (unpaired) electrons. The molecule has 0 N–H and O–H groups in total. The molecule has 0 saturated carbocycles. The molecule has 102 valence electrons. The molecule has 1 aliphatic heterocycles. The molecular formula is C15H21N3O. The van der Waals surface area contributed by atoms with Gasteiger partial charge in [-0.05, 0) is 38.1 Å². The molecule has 1 fully saturated rings. The van der Waals surface area contributed by atoms with Gasteiger partial charge in [-0.25, -0.2) is 4.98 Å². The predicted molar refractivity (Wildman–Crippen MR) is 75.8 cm³/mol. The number of imidazole rings is 1. The molecule has 0 spiro atoms. The van der Waals surface area contributed by atoms with Gasteiger partial charge in [-0.3, -0.25) is 0 Å². The lowest BCUT2D eigenvalue weighted by Crippen LogP contribution is -2.34. The van der Waals surface area contributed by atoms with Crippen molar-refractivity contribution >= 4 is 5.52 Å². The molecule has 1 atom stereocenters. The summed E-state index contributed by atoms with van der Waals surface area (Å²) in [6.07, 6.45) is 6.51. The number of rotatable bonds is 3. The topological polar surface area (TPSA) is 29.8 Å². The molecule has 3 rings (SSSR count). The van der Waals surface area contributed by atoms with Gasteiger partial charge in [0.15, 0.2) is 0 Å². The van der Waals surface area contributed by atoms with Crippen molar-refractivity contribution in [2.75, 3.05) is 26.7 Å². The van der Waals surface area contributed by atoms with Crippen LogP contribution in [0.5, 0.6) is 5.75 Å². The van der Waals surface area contributed by atoms with Gasteiger partial charge in [0, 0.05) is 18.7 Å². The summed E-state index contributed by atoms with van der Waals surface area (Å²) in [5.74, 6) is 2.60.